The number of aromatic amines is 1. The molecule has 2 fully saturated rings. The molecule has 0 spiro atoms. The number of fused-ring (bicyclic) bond motifs is 3. The van der Waals surface area contributed by atoms with Crippen molar-refractivity contribution in [2.75, 3.05) is 0 Å². The minimum absolute atomic E-state index is 0.556. The van der Waals surface area contributed by atoms with Crippen molar-refractivity contribution in [2.45, 2.75) is 56.5 Å². The monoisotopic (exact) mass is 319 g/mol. The van der Waals surface area contributed by atoms with E-state index in [2.05, 4.69) is 38.8 Å². The fourth-order valence-corrected chi connectivity index (χ4v) is 4.34. The van der Waals surface area contributed by atoms with Crippen LogP contribution >= 0.6 is 0 Å². The van der Waals surface area contributed by atoms with E-state index in [1.807, 2.05) is 18.6 Å². The summed E-state index contributed by atoms with van der Waals surface area (Å²) in [7, 11) is 0. The molecule has 2 saturated carbocycles. The largest absolute Gasteiger partial charge is 0.346 e. The van der Waals surface area contributed by atoms with Crippen molar-refractivity contribution in [3.05, 3.63) is 42.7 Å². The molecule has 2 aliphatic carbocycles. The highest BCUT2D eigenvalue weighted by atomic mass is 15.0. The Morgan fingerprint density at radius 2 is 2.08 bits per heavy atom. The first-order valence-electron chi connectivity index (χ1n) is 9.18. The summed E-state index contributed by atoms with van der Waals surface area (Å²) in [4.78, 5) is 12.3. The fourth-order valence-electron chi connectivity index (χ4n) is 4.34. The molecule has 24 heavy (non-hydrogen) atoms. The van der Waals surface area contributed by atoms with Gasteiger partial charge in [-0.15, -0.1) is 0 Å². The molecule has 2 aliphatic rings. The van der Waals surface area contributed by atoms with Gasteiger partial charge in [-0.05, 0) is 62.1 Å². The lowest BCUT2D eigenvalue weighted by Gasteiger charge is -2.36. The summed E-state index contributed by atoms with van der Waals surface area (Å²) in [5.74, 6) is 0.596. The molecule has 0 amide bonds. The third kappa shape index (κ3) is 2.40. The van der Waals surface area contributed by atoms with Gasteiger partial charge in [0.05, 0.1) is 11.7 Å². The molecule has 4 heteroatoms. The van der Waals surface area contributed by atoms with Crippen LogP contribution in [0.5, 0.6) is 0 Å². The Morgan fingerprint density at radius 1 is 1.12 bits per heavy atom. The van der Waals surface area contributed by atoms with Gasteiger partial charge in [0.25, 0.3) is 0 Å². The minimum Gasteiger partial charge on any atom is -0.346 e. The van der Waals surface area contributed by atoms with Crippen LogP contribution in [0.3, 0.4) is 0 Å². The molecular formula is C20H23N4. The molecular weight excluding hydrogens is 296 g/mol. The summed E-state index contributed by atoms with van der Waals surface area (Å²) in [6, 6.07) is 5.67. The molecule has 0 bridgehead atoms. The Morgan fingerprint density at radius 3 is 2.96 bits per heavy atom. The highest BCUT2D eigenvalue weighted by molar-refractivity contribution is 6.05. The van der Waals surface area contributed by atoms with E-state index in [1.165, 1.54) is 54.9 Å². The van der Waals surface area contributed by atoms with E-state index in [1.54, 1.807) is 0 Å². The van der Waals surface area contributed by atoms with Gasteiger partial charge in [-0.3, -0.25) is 4.98 Å². The van der Waals surface area contributed by atoms with Crippen molar-refractivity contribution < 1.29 is 0 Å². The van der Waals surface area contributed by atoms with Crippen LogP contribution in [0.15, 0.2) is 30.7 Å². The van der Waals surface area contributed by atoms with Crippen LogP contribution in [0.2, 0.25) is 0 Å². The van der Waals surface area contributed by atoms with Crippen molar-refractivity contribution in [3.63, 3.8) is 0 Å². The van der Waals surface area contributed by atoms with Gasteiger partial charge in [-0.1, -0.05) is 6.42 Å². The van der Waals surface area contributed by atoms with E-state index in [9.17, 15) is 0 Å². The number of aromatic nitrogens is 3. The average Bonchev–Trinajstić information content (AvgIpc) is 3.07. The first-order chi connectivity index (χ1) is 11.9. The van der Waals surface area contributed by atoms with E-state index >= 15 is 0 Å². The van der Waals surface area contributed by atoms with Crippen LogP contribution in [0.4, 0.5) is 0 Å². The summed E-state index contributed by atoms with van der Waals surface area (Å²) >= 11 is 0. The SMILES string of the molecule is [CH]1CCC(c2ccnc3cnc4[nH]ccc4c23)CC1NC1CCC1. The third-order valence-electron chi connectivity index (χ3n) is 5.82. The molecule has 3 heterocycles. The molecule has 3 aromatic heterocycles. The topological polar surface area (TPSA) is 53.6 Å². The highest BCUT2D eigenvalue weighted by Gasteiger charge is 2.28. The van der Waals surface area contributed by atoms with Gasteiger partial charge < -0.3 is 10.3 Å². The minimum atomic E-state index is 0.556. The third-order valence-corrected chi connectivity index (χ3v) is 5.82. The molecule has 123 valence electrons. The number of nitrogens with zero attached hydrogens (tertiary/aromatic N) is 2. The van der Waals surface area contributed by atoms with Crippen LogP contribution in [0, 0.1) is 6.42 Å². The van der Waals surface area contributed by atoms with Crippen molar-refractivity contribution in [1.82, 2.24) is 20.3 Å². The van der Waals surface area contributed by atoms with E-state index in [0.29, 0.717) is 12.0 Å². The van der Waals surface area contributed by atoms with E-state index in [0.717, 1.165) is 17.2 Å². The Bertz CT molecular complexity index is 864. The summed E-state index contributed by atoms with van der Waals surface area (Å²) < 4.78 is 0. The number of hydrogen-bond donors (Lipinski definition) is 2. The maximum atomic E-state index is 4.56. The zero-order chi connectivity index (χ0) is 15.9. The first-order valence-corrected chi connectivity index (χ1v) is 9.18. The predicted molar refractivity (Wildman–Crippen MR) is 96.8 cm³/mol. The highest BCUT2D eigenvalue weighted by Crippen LogP contribution is 2.38. The Hall–Kier alpha value is -1.94. The maximum absolute atomic E-state index is 4.56. The zero-order valence-corrected chi connectivity index (χ0v) is 13.8. The number of H-pyrrole nitrogens is 1. The lowest BCUT2D eigenvalue weighted by atomic mass is 9.79. The molecule has 2 N–H and O–H groups in total. The molecule has 3 aromatic rings. The molecule has 0 aromatic carbocycles. The Balaban J connectivity index is 1.52. The number of pyridine rings is 2. The number of hydrogen-bond acceptors (Lipinski definition) is 3. The van der Waals surface area contributed by atoms with Gasteiger partial charge in [0.1, 0.15) is 5.65 Å². The average molecular weight is 319 g/mol. The molecule has 1 radical (unpaired) electrons. The first kappa shape index (κ1) is 14.4. The zero-order valence-electron chi connectivity index (χ0n) is 13.8. The van der Waals surface area contributed by atoms with E-state index in [4.69, 9.17) is 0 Å². The van der Waals surface area contributed by atoms with Crippen LogP contribution in [-0.2, 0) is 0 Å². The summed E-state index contributed by atoms with van der Waals surface area (Å²) in [6.07, 6.45) is 16.0. The normalized spacial score (nSPS) is 25.2. The second-order valence-electron chi connectivity index (χ2n) is 7.31. The fraction of sp³-hybridized carbons (Fsp3) is 0.450. The Labute approximate surface area is 142 Å². The standard InChI is InChI=1S/C20H23N4/c1-3-13(11-15(6-1)24-14-4-2-5-14)16-7-9-21-18-12-23-20-17(19(16)18)8-10-22-20/h6-10,12-15,24H,1-5,11H2,(H,22,23). The van der Waals surface area contributed by atoms with Crippen LogP contribution in [0.1, 0.15) is 50.0 Å². The van der Waals surface area contributed by atoms with Crippen molar-refractivity contribution in [1.29, 1.82) is 0 Å². The van der Waals surface area contributed by atoms with Gasteiger partial charge in [0.2, 0.25) is 0 Å². The van der Waals surface area contributed by atoms with Crippen LogP contribution < -0.4 is 5.32 Å². The van der Waals surface area contributed by atoms with Crippen LogP contribution in [-0.4, -0.2) is 27.0 Å². The molecule has 2 unspecified atom stereocenters. The second-order valence-corrected chi connectivity index (χ2v) is 7.31. The lowest BCUT2D eigenvalue weighted by molar-refractivity contribution is 0.286. The Kier molecular flexibility index (Phi) is 3.51. The quantitative estimate of drug-likeness (QED) is 0.764. The molecule has 2 atom stereocenters. The van der Waals surface area contributed by atoms with Gasteiger partial charge in [0, 0.05) is 35.2 Å². The molecule has 4 nitrogen and oxygen atoms in total. The second kappa shape index (κ2) is 5.85. The van der Waals surface area contributed by atoms with Crippen molar-refractivity contribution in [3.8, 4) is 0 Å². The number of rotatable bonds is 3. The van der Waals surface area contributed by atoms with Gasteiger partial charge >= 0.3 is 0 Å². The molecule has 0 saturated heterocycles. The molecule has 5 rings (SSSR count). The maximum Gasteiger partial charge on any atom is 0.137 e. The summed E-state index contributed by atoms with van der Waals surface area (Å²) in [6.45, 7) is 0. The van der Waals surface area contributed by atoms with Crippen molar-refractivity contribution in [2.24, 2.45) is 0 Å². The van der Waals surface area contributed by atoms with Crippen molar-refractivity contribution >= 4 is 21.9 Å². The molecule has 0 aliphatic heterocycles. The number of nitrogens with one attached hydrogen (secondary N) is 2. The lowest BCUT2D eigenvalue weighted by Crippen LogP contribution is -2.44. The smallest absolute Gasteiger partial charge is 0.137 e. The van der Waals surface area contributed by atoms with Gasteiger partial charge in [-0.2, -0.15) is 0 Å². The van der Waals surface area contributed by atoms with Gasteiger partial charge in [0.15, 0.2) is 0 Å². The summed E-state index contributed by atoms with van der Waals surface area (Å²) in [5.41, 5.74) is 3.42. The predicted octanol–water partition coefficient (Wildman–Crippen LogP) is 4.09. The van der Waals surface area contributed by atoms with E-state index in [-0.39, 0.29) is 0 Å². The van der Waals surface area contributed by atoms with Crippen LogP contribution in [0.25, 0.3) is 21.9 Å². The van der Waals surface area contributed by atoms with Gasteiger partial charge in [-0.25, -0.2) is 4.98 Å². The van der Waals surface area contributed by atoms with E-state index < -0.39 is 0 Å². The summed E-state index contributed by atoms with van der Waals surface area (Å²) in [5, 5.41) is 6.34.